The van der Waals surface area contributed by atoms with Gasteiger partial charge in [-0.1, -0.05) is 91.0 Å². The van der Waals surface area contributed by atoms with Crippen LogP contribution in [0.2, 0.25) is 0 Å². The number of hydrogen-bond acceptors (Lipinski definition) is 4. The Balaban J connectivity index is 0.000000352. The van der Waals surface area contributed by atoms with Crippen LogP contribution in [0.5, 0.6) is 5.75 Å². The second-order valence-corrected chi connectivity index (χ2v) is 18.3. The van der Waals surface area contributed by atoms with E-state index in [1.54, 1.807) is 35.0 Å². The van der Waals surface area contributed by atoms with Gasteiger partial charge in [0.1, 0.15) is 18.1 Å². The molecule has 0 saturated heterocycles. The van der Waals surface area contributed by atoms with Crippen LogP contribution in [-0.2, 0) is 56.0 Å². The summed E-state index contributed by atoms with van der Waals surface area (Å²) in [6, 6.07) is 5.81. The first-order chi connectivity index (χ1) is 37.8. The van der Waals surface area contributed by atoms with Gasteiger partial charge in [0.25, 0.3) is 0 Å². The van der Waals surface area contributed by atoms with Gasteiger partial charge in [-0.15, -0.1) is 0 Å². The third-order valence-electron chi connectivity index (χ3n) is 12.4. The van der Waals surface area contributed by atoms with E-state index >= 15 is 0 Å². The van der Waals surface area contributed by atoms with Crippen LogP contribution in [0.1, 0.15) is 76.5 Å². The molecule has 0 amide bonds. The molecule has 0 spiro atoms. The number of hydrogen-bond donors (Lipinski definition) is 0. The number of Topliss-reactive ketones (excluding diaryl/α,β-unsaturated/α-hetero) is 1. The SMILES string of the molecule is Cc1ccc(C)c(OC(=O)c2cncc[n+]2CC(=O)c2ccccc2)c1.FC(F)(F)c1cc([B-](c2cc(C(F)(F)F)cc(C(F)(F)F)c2)(c2cc(C(F)(F)F)cc(C(F)(F)F)c2)c2cc(C(F)(F)F)cc(C(F)(F)F)c2)cc(C(F)(F)F)c1. The summed E-state index contributed by atoms with van der Waals surface area (Å²) >= 11 is 0. The van der Waals surface area contributed by atoms with Crippen LogP contribution >= 0.6 is 0 Å². The van der Waals surface area contributed by atoms with Crippen molar-refractivity contribution in [2.24, 2.45) is 0 Å². The maximum absolute atomic E-state index is 14.2. The Kier molecular flexibility index (Phi) is 17.4. The Morgan fingerprint density at radius 1 is 0.434 bits per heavy atom. The maximum Gasteiger partial charge on any atom is 0.416 e. The summed E-state index contributed by atoms with van der Waals surface area (Å²) in [5, 5.41) is 0. The third kappa shape index (κ3) is 15.0. The maximum atomic E-state index is 14.2. The number of aromatic nitrogens is 2. The van der Waals surface area contributed by atoms with Crippen molar-refractivity contribution in [3.05, 3.63) is 207 Å². The standard InChI is InChI=1S/C32H12BF24.C21H19N2O3/c34-25(35,36)13-1-14(26(37,38)39)6-21(5-13)33(22-7-15(27(40,41)42)2-16(8-22)28(43,44)45,23-9-17(29(46,47)48)3-18(10-23)30(49,50)51)24-11-19(31(52,53)54)4-20(12-24)32(55,56)57;1-15-8-9-16(2)20(12-15)26-21(25)18-13-22-10-11-23(18)14-19(24)17-6-4-3-5-7-17/h1-12H;3-13H,14H2,1-2H3/q-1;+1. The van der Waals surface area contributed by atoms with Crippen molar-refractivity contribution in [3.63, 3.8) is 0 Å². The monoisotopic (exact) mass is 1210 g/mol. The fraction of sp³-hybridized carbons (Fsp3) is 0.208. The number of carbonyl (C=O) groups is 2. The highest BCUT2D eigenvalue weighted by atomic mass is 19.4. The van der Waals surface area contributed by atoms with E-state index in [9.17, 15) is 115 Å². The largest absolute Gasteiger partial charge is 0.418 e. The fourth-order valence-corrected chi connectivity index (χ4v) is 8.60. The van der Waals surface area contributed by atoms with Crippen LogP contribution in [0.15, 0.2) is 140 Å². The van der Waals surface area contributed by atoms with Crippen LogP contribution in [0.3, 0.4) is 0 Å². The van der Waals surface area contributed by atoms with E-state index in [4.69, 9.17) is 4.74 Å². The summed E-state index contributed by atoms with van der Waals surface area (Å²) in [7, 11) is 0. The molecule has 0 aliphatic carbocycles. The number of rotatable bonds is 9. The molecular formula is C53H31BF24N2O3. The molecule has 0 atom stereocenters. The second-order valence-electron chi connectivity index (χ2n) is 18.3. The highest BCUT2D eigenvalue weighted by molar-refractivity contribution is 7.20. The van der Waals surface area contributed by atoms with E-state index in [0.29, 0.717) is 11.3 Å². The van der Waals surface area contributed by atoms with E-state index < -0.39 is 201 Å². The molecule has 1 aromatic heterocycles. The van der Waals surface area contributed by atoms with E-state index in [1.165, 1.54) is 12.4 Å². The molecule has 0 aliphatic heterocycles. The first-order valence-corrected chi connectivity index (χ1v) is 22.9. The molecular weight excluding hydrogens is 1180 g/mol. The summed E-state index contributed by atoms with van der Waals surface area (Å²) in [6.45, 7) is 3.83. The molecule has 0 saturated carbocycles. The molecule has 0 fully saturated rings. The van der Waals surface area contributed by atoms with Crippen molar-refractivity contribution in [1.29, 1.82) is 0 Å². The van der Waals surface area contributed by atoms with Crippen molar-refractivity contribution in [2.45, 2.75) is 69.8 Å². The summed E-state index contributed by atoms with van der Waals surface area (Å²) in [5.74, 6) is -0.143. The highest BCUT2D eigenvalue weighted by Crippen LogP contribution is 2.41. The summed E-state index contributed by atoms with van der Waals surface area (Å²) < 4.78 is 348. The number of esters is 1. The Hall–Kier alpha value is -8.08. The van der Waals surface area contributed by atoms with Crippen LogP contribution in [-0.4, -0.2) is 22.9 Å². The number of nitrogens with zero attached hydrogens (tertiary/aromatic N) is 2. The number of carbonyl (C=O) groups excluding carboxylic acids is 2. The average molecular weight is 1210 g/mol. The molecule has 0 unspecified atom stereocenters. The molecule has 5 nitrogen and oxygen atoms in total. The molecule has 7 aromatic rings. The number of ether oxygens (including phenoxy) is 1. The van der Waals surface area contributed by atoms with Gasteiger partial charge in [0.15, 0.2) is 6.20 Å². The zero-order valence-corrected chi connectivity index (χ0v) is 41.3. The molecule has 0 aliphatic rings. The molecule has 0 N–H and O–H groups in total. The van der Waals surface area contributed by atoms with Gasteiger partial charge in [0, 0.05) is 5.56 Å². The minimum absolute atomic E-state index is 0.0315. The van der Waals surface area contributed by atoms with E-state index in [2.05, 4.69) is 4.98 Å². The van der Waals surface area contributed by atoms with E-state index in [-0.39, 0.29) is 18.0 Å². The number of benzene rings is 6. The minimum atomic E-state index is -6.13. The molecule has 0 bridgehead atoms. The van der Waals surface area contributed by atoms with Gasteiger partial charge < -0.3 is 4.74 Å². The molecule has 7 rings (SSSR count). The van der Waals surface area contributed by atoms with Crippen LogP contribution in [0.4, 0.5) is 105 Å². The summed E-state index contributed by atoms with van der Waals surface area (Å²) in [4.78, 5) is 29.1. The Morgan fingerprint density at radius 3 is 1.05 bits per heavy atom. The van der Waals surface area contributed by atoms with Gasteiger partial charge in [-0.2, -0.15) is 132 Å². The number of halogens is 24. The van der Waals surface area contributed by atoms with Crippen molar-refractivity contribution < 1.29 is 124 Å². The normalized spacial score (nSPS) is 13.1. The zero-order chi connectivity index (χ0) is 62.4. The third-order valence-corrected chi connectivity index (χ3v) is 12.4. The molecule has 0 radical (unpaired) electrons. The first-order valence-electron chi connectivity index (χ1n) is 22.9. The quantitative estimate of drug-likeness (QED) is 0.0361. The van der Waals surface area contributed by atoms with Crippen LogP contribution < -0.4 is 31.2 Å². The fourth-order valence-electron chi connectivity index (χ4n) is 8.60. The van der Waals surface area contributed by atoms with Gasteiger partial charge in [0.2, 0.25) is 12.3 Å². The second kappa shape index (κ2) is 22.6. The zero-order valence-electron chi connectivity index (χ0n) is 41.3. The van der Waals surface area contributed by atoms with Gasteiger partial charge in [-0.25, -0.2) is 4.79 Å². The smallest absolute Gasteiger partial charge is 0.416 e. The average Bonchev–Trinajstić information content (AvgIpc) is 1.72. The van der Waals surface area contributed by atoms with E-state index in [1.807, 2.05) is 38.1 Å². The molecule has 6 aromatic carbocycles. The van der Waals surface area contributed by atoms with Crippen molar-refractivity contribution >= 4 is 39.7 Å². The van der Waals surface area contributed by atoms with Crippen molar-refractivity contribution in [2.75, 3.05) is 0 Å². The van der Waals surface area contributed by atoms with Gasteiger partial charge in [-0.3, -0.25) is 9.78 Å². The lowest BCUT2D eigenvalue weighted by Crippen LogP contribution is -2.75. The Bertz CT molecular complexity index is 3100. The predicted octanol–water partition coefficient (Wildman–Crippen LogP) is 14.3. The molecule has 442 valence electrons. The Labute approximate surface area is 450 Å². The first kappa shape index (κ1) is 64.1. The minimum Gasteiger partial charge on any atom is -0.418 e. The van der Waals surface area contributed by atoms with Crippen molar-refractivity contribution in [1.82, 2.24) is 4.98 Å². The lowest BCUT2D eigenvalue weighted by Gasteiger charge is -2.46. The topological polar surface area (TPSA) is 60.1 Å². The van der Waals surface area contributed by atoms with E-state index in [0.717, 1.165) is 11.1 Å². The number of alkyl halides is 24. The number of ketones is 1. The lowest BCUT2D eigenvalue weighted by molar-refractivity contribution is -0.686. The lowest BCUT2D eigenvalue weighted by atomic mass is 9.12. The summed E-state index contributed by atoms with van der Waals surface area (Å²) in [5.41, 5.74) is -27.5. The predicted molar refractivity (Wildman–Crippen MR) is 246 cm³/mol. The summed E-state index contributed by atoms with van der Waals surface area (Å²) in [6.07, 6.45) is -50.3. The van der Waals surface area contributed by atoms with Crippen molar-refractivity contribution in [3.8, 4) is 5.75 Å². The molecule has 83 heavy (non-hydrogen) atoms. The van der Waals surface area contributed by atoms with Gasteiger partial charge in [-0.05, 0) is 55.3 Å². The molecule has 1 heterocycles. The van der Waals surface area contributed by atoms with Gasteiger partial charge in [0.05, 0.1) is 50.7 Å². The van der Waals surface area contributed by atoms with Crippen LogP contribution in [0.25, 0.3) is 0 Å². The van der Waals surface area contributed by atoms with Gasteiger partial charge >= 0.3 is 61.1 Å². The van der Waals surface area contributed by atoms with Crippen LogP contribution in [0, 0.1) is 13.8 Å². The Morgan fingerprint density at radius 2 is 0.747 bits per heavy atom. The molecule has 30 heteroatoms. The highest BCUT2D eigenvalue weighted by Gasteiger charge is 2.47. The number of aryl methyl sites for hydroxylation is 2.